The molecule has 0 aliphatic rings. The molecule has 1 aromatic heterocycles. The fraction of sp³-hybridized carbons (Fsp3) is 0.190. The third-order valence-electron chi connectivity index (χ3n) is 4.20. The molecule has 0 saturated heterocycles. The highest BCUT2D eigenvalue weighted by Crippen LogP contribution is 2.15. The van der Waals surface area contributed by atoms with Gasteiger partial charge in [0, 0.05) is 30.9 Å². The quantitative estimate of drug-likeness (QED) is 0.453. The predicted molar refractivity (Wildman–Crippen MR) is 109 cm³/mol. The second kappa shape index (κ2) is 9.23. The van der Waals surface area contributed by atoms with E-state index in [1.54, 1.807) is 58.9 Å². The van der Waals surface area contributed by atoms with Crippen LogP contribution in [0.4, 0.5) is 0 Å². The molecular formula is C21H21N3O3S. The van der Waals surface area contributed by atoms with Crippen LogP contribution in [0.25, 0.3) is 5.69 Å². The lowest BCUT2D eigenvalue weighted by molar-refractivity contribution is -0.133. The van der Waals surface area contributed by atoms with Crippen molar-refractivity contribution < 1.29 is 14.3 Å². The van der Waals surface area contributed by atoms with Gasteiger partial charge in [0.15, 0.2) is 6.61 Å². The van der Waals surface area contributed by atoms with Crippen molar-refractivity contribution in [2.24, 2.45) is 0 Å². The van der Waals surface area contributed by atoms with E-state index < -0.39 is 5.97 Å². The summed E-state index contributed by atoms with van der Waals surface area (Å²) in [6, 6.07) is 16.7. The fourth-order valence-corrected chi connectivity index (χ4v) is 2.99. The summed E-state index contributed by atoms with van der Waals surface area (Å²) in [6.07, 6.45) is 5.52. The van der Waals surface area contributed by atoms with Crippen molar-refractivity contribution in [1.29, 1.82) is 0 Å². The molecule has 6 nitrogen and oxygen atoms in total. The number of ether oxygens (including phenoxy) is 1. The summed E-state index contributed by atoms with van der Waals surface area (Å²) in [5, 5.41) is 4.13. The normalized spacial score (nSPS) is 10.5. The summed E-state index contributed by atoms with van der Waals surface area (Å²) in [5.41, 5.74) is 2.25. The number of hydrogen-bond donors (Lipinski definition) is 0. The van der Waals surface area contributed by atoms with Crippen molar-refractivity contribution >= 4 is 23.6 Å². The maximum atomic E-state index is 12.2. The molecule has 1 amide bonds. The van der Waals surface area contributed by atoms with Gasteiger partial charge in [-0.25, -0.2) is 9.48 Å². The fourth-order valence-electron chi connectivity index (χ4n) is 2.59. The van der Waals surface area contributed by atoms with Crippen LogP contribution in [0.5, 0.6) is 0 Å². The Kier molecular flexibility index (Phi) is 6.49. The van der Waals surface area contributed by atoms with Crippen LogP contribution in [0.2, 0.25) is 0 Å². The zero-order valence-electron chi connectivity index (χ0n) is 15.7. The van der Waals surface area contributed by atoms with Crippen LogP contribution in [0.3, 0.4) is 0 Å². The standard InChI is InChI=1S/C21H21N3O3S/c1-23(14-16-4-10-19(28-2)11-5-16)20(25)15-27-21(26)17-6-8-18(9-7-17)24-13-3-12-22-24/h3-13H,14-15H2,1-2H3. The van der Waals surface area contributed by atoms with Crippen LogP contribution in [-0.2, 0) is 16.1 Å². The molecule has 2 aromatic carbocycles. The third kappa shape index (κ3) is 5.01. The number of amides is 1. The molecule has 3 rings (SSSR count). The van der Waals surface area contributed by atoms with Gasteiger partial charge in [-0.1, -0.05) is 12.1 Å². The Hall–Kier alpha value is -3.06. The van der Waals surface area contributed by atoms with Crippen molar-refractivity contribution in [3.05, 3.63) is 78.1 Å². The highest BCUT2D eigenvalue weighted by Gasteiger charge is 2.14. The zero-order chi connectivity index (χ0) is 19.9. The van der Waals surface area contributed by atoms with Crippen LogP contribution < -0.4 is 0 Å². The van der Waals surface area contributed by atoms with Gasteiger partial charge in [-0.2, -0.15) is 5.10 Å². The summed E-state index contributed by atoms with van der Waals surface area (Å²) < 4.78 is 6.85. The van der Waals surface area contributed by atoms with Crippen molar-refractivity contribution in [1.82, 2.24) is 14.7 Å². The number of rotatable bonds is 7. The summed E-state index contributed by atoms with van der Waals surface area (Å²) in [4.78, 5) is 27.1. The first-order valence-electron chi connectivity index (χ1n) is 8.71. The summed E-state index contributed by atoms with van der Waals surface area (Å²) in [6.45, 7) is 0.169. The number of carbonyl (C=O) groups is 2. The number of aromatic nitrogens is 2. The molecule has 28 heavy (non-hydrogen) atoms. The Morgan fingerprint density at radius 2 is 1.82 bits per heavy atom. The average molecular weight is 395 g/mol. The maximum Gasteiger partial charge on any atom is 0.338 e. The Morgan fingerprint density at radius 1 is 1.11 bits per heavy atom. The zero-order valence-corrected chi connectivity index (χ0v) is 16.6. The Labute approximate surface area is 168 Å². The number of likely N-dealkylation sites (N-methyl/N-ethyl adjacent to an activating group) is 1. The van der Waals surface area contributed by atoms with Gasteiger partial charge in [0.25, 0.3) is 5.91 Å². The van der Waals surface area contributed by atoms with Crippen LogP contribution in [0, 0.1) is 0 Å². The van der Waals surface area contributed by atoms with E-state index in [0.29, 0.717) is 12.1 Å². The molecular weight excluding hydrogens is 374 g/mol. The Morgan fingerprint density at radius 3 is 2.43 bits per heavy atom. The van der Waals surface area contributed by atoms with Crippen LogP contribution in [0.15, 0.2) is 71.9 Å². The minimum absolute atomic E-state index is 0.254. The number of nitrogens with zero attached hydrogens (tertiary/aromatic N) is 3. The lowest BCUT2D eigenvalue weighted by atomic mass is 10.2. The lowest BCUT2D eigenvalue weighted by Gasteiger charge is -2.17. The van der Waals surface area contributed by atoms with Gasteiger partial charge < -0.3 is 9.64 Å². The predicted octanol–water partition coefficient (Wildman–Crippen LogP) is 3.41. The van der Waals surface area contributed by atoms with E-state index in [1.807, 2.05) is 42.8 Å². The van der Waals surface area contributed by atoms with Crippen LogP contribution in [-0.4, -0.2) is 46.5 Å². The first kappa shape index (κ1) is 19.7. The van der Waals surface area contributed by atoms with Gasteiger partial charge in [-0.05, 0) is 54.3 Å². The van der Waals surface area contributed by atoms with Gasteiger partial charge in [0.2, 0.25) is 0 Å². The van der Waals surface area contributed by atoms with Crippen molar-refractivity contribution in [3.8, 4) is 5.69 Å². The molecule has 7 heteroatoms. The highest BCUT2D eigenvalue weighted by molar-refractivity contribution is 7.98. The van der Waals surface area contributed by atoms with Crippen LogP contribution >= 0.6 is 11.8 Å². The van der Waals surface area contributed by atoms with Crippen molar-refractivity contribution in [2.75, 3.05) is 19.9 Å². The van der Waals surface area contributed by atoms with E-state index in [0.717, 1.165) is 11.3 Å². The second-order valence-corrected chi connectivity index (χ2v) is 7.05. The molecule has 1 heterocycles. The Balaban J connectivity index is 1.50. The monoisotopic (exact) mass is 395 g/mol. The molecule has 144 valence electrons. The lowest BCUT2D eigenvalue weighted by Crippen LogP contribution is -2.30. The molecule has 0 spiro atoms. The van der Waals surface area contributed by atoms with E-state index in [-0.39, 0.29) is 12.5 Å². The molecule has 0 saturated carbocycles. The molecule has 0 atom stereocenters. The van der Waals surface area contributed by atoms with E-state index >= 15 is 0 Å². The minimum atomic E-state index is -0.530. The summed E-state index contributed by atoms with van der Waals surface area (Å²) in [5.74, 6) is -0.784. The molecule has 0 unspecified atom stereocenters. The molecule has 0 fully saturated rings. The van der Waals surface area contributed by atoms with Crippen molar-refractivity contribution in [3.63, 3.8) is 0 Å². The largest absolute Gasteiger partial charge is 0.452 e. The summed E-state index contributed by atoms with van der Waals surface area (Å²) in [7, 11) is 1.69. The topological polar surface area (TPSA) is 64.4 Å². The first-order chi connectivity index (χ1) is 13.6. The van der Waals surface area contributed by atoms with Crippen LogP contribution in [0.1, 0.15) is 15.9 Å². The third-order valence-corrected chi connectivity index (χ3v) is 4.95. The average Bonchev–Trinajstić information content (AvgIpc) is 3.27. The number of hydrogen-bond acceptors (Lipinski definition) is 5. The SMILES string of the molecule is CSc1ccc(CN(C)C(=O)COC(=O)c2ccc(-n3cccn3)cc2)cc1. The Bertz CT molecular complexity index is 923. The molecule has 0 aliphatic carbocycles. The van der Waals surface area contributed by atoms with Gasteiger partial charge in [0.1, 0.15) is 0 Å². The second-order valence-electron chi connectivity index (χ2n) is 6.17. The number of thioether (sulfide) groups is 1. The van der Waals surface area contributed by atoms with E-state index in [4.69, 9.17) is 4.74 Å². The maximum absolute atomic E-state index is 12.2. The minimum Gasteiger partial charge on any atom is -0.452 e. The smallest absolute Gasteiger partial charge is 0.338 e. The van der Waals surface area contributed by atoms with Gasteiger partial charge in [-0.15, -0.1) is 11.8 Å². The van der Waals surface area contributed by atoms with E-state index in [2.05, 4.69) is 5.10 Å². The molecule has 0 bridgehead atoms. The number of esters is 1. The molecule has 3 aromatic rings. The van der Waals surface area contributed by atoms with Gasteiger partial charge in [-0.3, -0.25) is 4.79 Å². The molecule has 0 radical (unpaired) electrons. The first-order valence-corrected chi connectivity index (χ1v) is 9.93. The molecule has 0 N–H and O–H groups in total. The van der Waals surface area contributed by atoms with E-state index in [9.17, 15) is 9.59 Å². The van der Waals surface area contributed by atoms with Gasteiger partial charge >= 0.3 is 5.97 Å². The van der Waals surface area contributed by atoms with Gasteiger partial charge in [0.05, 0.1) is 11.3 Å². The van der Waals surface area contributed by atoms with Crippen molar-refractivity contribution in [2.45, 2.75) is 11.4 Å². The highest BCUT2D eigenvalue weighted by atomic mass is 32.2. The number of carbonyl (C=O) groups excluding carboxylic acids is 2. The molecule has 0 aliphatic heterocycles. The van der Waals surface area contributed by atoms with E-state index in [1.165, 1.54) is 4.90 Å². The summed E-state index contributed by atoms with van der Waals surface area (Å²) >= 11 is 1.67. The number of benzene rings is 2.